The van der Waals surface area contributed by atoms with Crippen molar-refractivity contribution in [3.05, 3.63) is 59.0 Å². The Bertz CT molecular complexity index is 781. The van der Waals surface area contributed by atoms with E-state index in [0.29, 0.717) is 27.7 Å². The summed E-state index contributed by atoms with van der Waals surface area (Å²) in [5.41, 5.74) is 1.52. The lowest BCUT2D eigenvalue weighted by molar-refractivity contribution is 0.102. The van der Waals surface area contributed by atoms with Crippen LogP contribution < -0.4 is 5.32 Å². The third kappa shape index (κ3) is 2.85. The number of thiazole rings is 1. The number of hydrogen-bond acceptors (Lipinski definition) is 4. The van der Waals surface area contributed by atoms with Gasteiger partial charge < -0.3 is 9.73 Å². The standard InChI is InChI=1S/C15H11FN2O2S/c1-9-7-10(16)4-5-11(9)17-14(19)12-8-21-15(18-12)13-3-2-6-20-13/h2-8H,1H3,(H,17,19). The molecule has 1 N–H and O–H groups in total. The molecule has 0 aliphatic heterocycles. The quantitative estimate of drug-likeness (QED) is 0.792. The number of anilines is 1. The van der Waals surface area contributed by atoms with E-state index in [1.54, 1.807) is 30.7 Å². The van der Waals surface area contributed by atoms with Crippen molar-refractivity contribution in [1.29, 1.82) is 0 Å². The number of aromatic nitrogens is 1. The van der Waals surface area contributed by atoms with Crippen molar-refractivity contribution >= 4 is 22.9 Å². The maximum Gasteiger partial charge on any atom is 0.275 e. The van der Waals surface area contributed by atoms with Crippen molar-refractivity contribution in [3.63, 3.8) is 0 Å². The lowest BCUT2D eigenvalue weighted by Gasteiger charge is -2.06. The highest BCUT2D eigenvalue weighted by Crippen LogP contribution is 2.24. The lowest BCUT2D eigenvalue weighted by atomic mass is 10.2. The summed E-state index contributed by atoms with van der Waals surface area (Å²) in [4.78, 5) is 16.4. The Morgan fingerprint density at radius 3 is 2.95 bits per heavy atom. The van der Waals surface area contributed by atoms with Crippen LogP contribution in [-0.2, 0) is 0 Å². The van der Waals surface area contributed by atoms with Crippen molar-refractivity contribution in [2.75, 3.05) is 5.32 Å². The van der Waals surface area contributed by atoms with E-state index in [4.69, 9.17) is 4.42 Å². The van der Waals surface area contributed by atoms with Gasteiger partial charge in [0.15, 0.2) is 10.8 Å². The molecular weight excluding hydrogens is 291 g/mol. The van der Waals surface area contributed by atoms with E-state index < -0.39 is 0 Å². The van der Waals surface area contributed by atoms with Crippen LogP contribution in [0.25, 0.3) is 10.8 Å². The number of nitrogens with zero attached hydrogens (tertiary/aromatic N) is 1. The number of aryl methyl sites for hydroxylation is 1. The molecule has 0 radical (unpaired) electrons. The normalized spacial score (nSPS) is 10.6. The number of rotatable bonds is 3. The van der Waals surface area contributed by atoms with E-state index in [-0.39, 0.29) is 11.7 Å². The average molecular weight is 302 g/mol. The van der Waals surface area contributed by atoms with E-state index in [9.17, 15) is 9.18 Å². The Balaban J connectivity index is 1.79. The van der Waals surface area contributed by atoms with E-state index in [1.807, 2.05) is 0 Å². The summed E-state index contributed by atoms with van der Waals surface area (Å²) < 4.78 is 18.3. The van der Waals surface area contributed by atoms with E-state index in [1.165, 1.54) is 29.5 Å². The summed E-state index contributed by atoms with van der Waals surface area (Å²) in [6.45, 7) is 1.73. The van der Waals surface area contributed by atoms with Crippen molar-refractivity contribution in [2.45, 2.75) is 6.92 Å². The van der Waals surface area contributed by atoms with Crippen molar-refractivity contribution in [3.8, 4) is 10.8 Å². The molecule has 0 spiro atoms. The van der Waals surface area contributed by atoms with Gasteiger partial charge in [-0.05, 0) is 42.8 Å². The van der Waals surface area contributed by atoms with Crippen LogP contribution in [0.15, 0.2) is 46.4 Å². The summed E-state index contributed by atoms with van der Waals surface area (Å²) in [6.07, 6.45) is 1.55. The molecule has 3 aromatic rings. The second-order valence-corrected chi connectivity index (χ2v) is 5.29. The zero-order valence-corrected chi connectivity index (χ0v) is 11.9. The van der Waals surface area contributed by atoms with Gasteiger partial charge in [-0.2, -0.15) is 0 Å². The Morgan fingerprint density at radius 2 is 2.24 bits per heavy atom. The Kier molecular flexibility index (Phi) is 3.53. The fourth-order valence-electron chi connectivity index (χ4n) is 1.85. The van der Waals surface area contributed by atoms with Crippen LogP contribution in [0.5, 0.6) is 0 Å². The molecule has 21 heavy (non-hydrogen) atoms. The fraction of sp³-hybridized carbons (Fsp3) is 0.0667. The summed E-state index contributed by atoms with van der Waals surface area (Å²) in [5, 5.41) is 5.02. The minimum atomic E-state index is -0.334. The number of furan rings is 1. The van der Waals surface area contributed by atoms with Crippen molar-refractivity contribution < 1.29 is 13.6 Å². The van der Waals surface area contributed by atoms with Crippen LogP contribution >= 0.6 is 11.3 Å². The monoisotopic (exact) mass is 302 g/mol. The van der Waals surface area contributed by atoms with E-state index in [2.05, 4.69) is 10.3 Å². The summed E-state index contributed by atoms with van der Waals surface area (Å²) in [7, 11) is 0. The fourth-order valence-corrected chi connectivity index (χ4v) is 2.61. The molecule has 0 bridgehead atoms. The Labute approximate surface area is 124 Å². The topological polar surface area (TPSA) is 55.1 Å². The van der Waals surface area contributed by atoms with Crippen molar-refractivity contribution in [2.24, 2.45) is 0 Å². The van der Waals surface area contributed by atoms with Gasteiger partial charge in [-0.1, -0.05) is 0 Å². The number of halogens is 1. The second-order valence-electron chi connectivity index (χ2n) is 4.43. The van der Waals surface area contributed by atoms with E-state index in [0.717, 1.165) is 0 Å². The van der Waals surface area contributed by atoms with Gasteiger partial charge in [-0.25, -0.2) is 9.37 Å². The third-order valence-corrected chi connectivity index (χ3v) is 3.76. The molecule has 0 aliphatic rings. The molecule has 6 heteroatoms. The predicted molar refractivity (Wildman–Crippen MR) is 78.9 cm³/mol. The first-order chi connectivity index (χ1) is 10.1. The number of carbonyl (C=O) groups excluding carboxylic acids is 1. The molecule has 0 saturated heterocycles. The minimum absolute atomic E-state index is 0.301. The highest BCUT2D eigenvalue weighted by molar-refractivity contribution is 7.13. The number of amides is 1. The summed E-state index contributed by atoms with van der Waals surface area (Å²) in [6, 6.07) is 7.74. The Morgan fingerprint density at radius 1 is 1.38 bits per heavy atom. The first kappa shape index (κ1) is 13.5. The van der Waals surface area contributed by atoms with Crippen molar-refractivity contribution in [1.82, 2.24) is 4.98 Å². The summed E-state index contributed by atoms with van der Waals surface area (Å²) in [5.74, 6) is -0.0463. The molecule has 1 aromatic carbocycles. The molecule has 2 aromatic heterocycles. The van der Waals surface area contributed by atoms with Crippen LogP contribution in [0.1, 0.15) is 16.1 Å². The van der Waals surface area contributed by atoms with Gasteiger partial charge in [-0.3, -0.25) is 4.79 Å². The molecule has 0 atom stereocenters. The molecule has 0 fully saturated rings. The zero-order valence-electron chi connectivity index (χ0n) is 11.1. The number of carbonyl (C=O) groups is 1. The lowest BCUT2D eigenvalue weighted by Crippen LogP contribution is -2.13. The van der Waals surface area contributed by atoms with E-state index >= 15 is 0 Å². The summed E-state index contributed by atoms with van der Waals surface area (Å²) >= 11 is 1.33. The largest absolute Gasteiger partial charge is 0.462 e. The number of benzene rings is 1. The van der Waals surface area contributed by atoms with Gasteiger partial charge in [-0.15, -0.1) is 11.3 Å². The molecule has 106 valence electrons. The maximum absolute atomic E-state index is 13.0. The smallest absolute Gasteiger partial charge is 0.275 e. The average Bonchev–Trinajstić information content (AvgIpc) is 3.10. The van der Waals surface area contributed by atoms with Gasteiger partial charge in [0, 0.05) is 11.1 Å². The highest BCUT2D eigenvalue weighted by atomic mass is 32.1. The second kappa shape index (κ2) is 5.49. The molecule has 0 aliphatic carbocycles. The van der Waals surface area contributed by atoms with Crippen LogP contribution in [0.4, 0.5) is 10.1 Å². The predicted octanol–water partition coefficient (Wildman–Crippen LogP) is 4.10. The van der Waals surface area contributed by atoms with Crippen LogP contribution in [0.2, 0.25) is 0 Å². The zero-order chi connectivity index (χ0) is 14.8. The number of nitrogens with one attached hydrogen (secondary N) is 1. The van der Waals surface area contributed by atoms with Crippen LogP contribution in [0, 0.1) is 12.7 Å². The van der Waals surface area contributed by atoms with Gasteiger partial charge in [0.1, 0.15) is 11.5 Å². The molecule has 0 saturated carbocycles. The molecule has 1 amide bonds. The highest BCUT2D eigenvalue weighted by Gasteiger charge is 2.14. The Hall–Kier alpha value is -2.47. The molecule has 0 unspecified atom stereocenters. The van der Waals surface area contributed by atoms with Gasteiger partial charge in [0.2, 0.25) is 0 Å². The van der Waals surface area contributed by atoms with Gasteiger partial charge in [0.25, 0.3) is 5.91 Å². The molecule has 3 rings (SSSR count). The first-order valence-electron chi connectivity index (χ1n) is 6.20. The van der Waals surface area contributed by atoms with Crippen LogP contribution in [0.3, 0.4) is 0 Å². The molecular formula is C15H11FN2O2S. The minimum Gasteiger partial charge on any atom is -0.462 e. The van der Waals surface area contributed by atoms with Crippen LogP contribution in [-0.4, -0.2) is 10.9 Å². The first-order valence-corrected chi connectivity index (χ1v) is 7.08. The SMILES string of the molecule is Cc1cc(F)ccc1NC(=O)c1csc(-c2ccco2)n1. The number of hydrogen-bond donors (Lipinski definition) is 1. The maximum atomic E-state index is 13.0. The molecule has 4 nitrogen and oxygen atoms in total. The van der Waals surface area contributed by atoms with Gasteiger partial charge in [0.05, 0.1) is 6.26 Å². The third-order valence-electron chi connectivity index (χ3n) is 2.91. The van der Waals surface area contributed by atoms with Gasteiger partial charge >= 0.3 is 0 Å². The molecule has 2 heterocycles.